The van der Waals surface area contributed by atoms with E-state index in [4.69, 9.17) is 4.74 Å². The van der Waals surface area contributed by atoms with Crippen LogP contribution in [-0.2, 0) is 19.0 Å². The first kappa shape index (κ1) is 39.4. The van der Waals surface area contributed by atoms with Crippen molar-refractivity contribution in [2.45, 2.75) is 89.8 Å². The van der Waals surface area contributed by atoms with E-state index in [9.17, 15) is 23.2 Å². The SMILES string of the molecule is COC(=O)N[C@H](C(=O)N1CCC[C@H]1c1ncc(-c2ccc3cc(-c4ccc(-c5cnc(C6CCCN6C(=O)OC(C)(C)C)[nH]5)cc4)ccc3c2)[nH]1)[C@@H](C)OC(F)F. The minimum Gasteiger partial charge on any atom is -0.453 e. The van der Waals surface area contributed by atoms with Gasteiger partial charge in [-0.1, -0.05) is 48.5 Å². The van der Waals surface area contributed by atoms with Gasteiger partial charge in [0.25, 0.3) is 0 Å². The monoisotopic (exact) mass is 783 g/mol. The Bertz CT molecular complexity index is 2230. The van der Waals surface area contributed by atoms with Crippen LogP contribution in [0.25, 0.3) is 44.4 Å². The molecule has 300 valence electrons. The van der Waals surface area contributed by atoms with Gasteiger partial charge in [0, 0.05) is 18.7 Å². The Morgan fingerprint density at radius 2 is 1.32 bits per heavy atom. The van der Waals surface area contributed by atoms with Gasteiger partial charge in [0.15, 0.2) is 0 Å². The van der Waals surface area contributed by atoms with E-state index in [1.807, 2.05) is 33.0 Å². The van der Waals surface area contributed by atoms with Crippen LogP contribution in [0.2, 0.25) is 0 Å². The second kappa shape index (κ2) is 16.3. The minimum absolute atomic E-state index is 0.153. The zero-order valence-corrected chi connectivity index (χ0v) is 32.6. The van der Waals surface area contributed by atoms with Crippen molar-refractivity contribution in [3.8, 4) is 33.6 Å². The van der Waals surface area contributed by atoms with Gasteiger partial charge in [-0.05, 0) is 93.0 Å². The van der Waals surface area contributed by atoms with E-state index in [1.54, 1.807) is 11.1 Å². The molecule has 0 spiro atoms. The van der Waals surface area contributed by atoms with Crippen LogP contribution in [0.4, 0.5) is 18.4 Å². The topological polar surface area (TPSA) is 155 Å². The molecule has 0 bridgehead atoms. The number of alkyl halides is 2. The fraction of sp³-hybridized carbons (Fsp3) is 0.405. The number of nitrogens with zero attached hydrogens (tertiary/aromatic N) is 4. The lowest BCUT2D eigenvalue weighted by molar-refractivity contribution is -0.171. The molecule has 15 heteroatoms. The Labute approximate surface area is 329 Å². The molecule has 7 rings (SSSR count). The number of aromatic amines is 2. The highest BCUT2D eigenvalue weighted by Gasteiger charge is 2.40. The summed E-state index contributed by atoms with van der Waals surface area (Å²) in [6.45, 7) is 4.78. The van der Waals surface area contributed by atoms with E-state index in [0.717, 1.165) is 70.2 Å². The average Bonchev–Trinajstić information content (AvgIpc) is 4.02. The molecule has 4 atom stereocenters. The highest BCUT2D eigenvalue weighted by atomic mass is 19.3. The number of H-pyrrole nitrogens is 2. The molecule has 0 radical (unpaired) electrons. The van der Waals surface area contributed by atoms with Gasteiger partial charge in [-0.2, -0.15) is 8.78 Å². The largest absolute Gasteiger partial charge is 0.453 e. The molecule has 2 aliphatic rings. The lowest BCUT2D eigenvalue weighted by Gasteiger charge is -2.30. The quantitative estimate of drug-likeness (QED) is 0.128. The average molecular weight is 784 g/mol. The molecule has 2 aromatic heterocycles. The number of amides is 3. The summed E-state index contributed by atoms with van der Waals surface area (Å²) >= 11 is 0. The number of rotatable bonds is 10. The summed E-state index contributed by atoms with van der Waals surface area (Å²) in [5, 5.41) is 4.44. The van der Waals surface area contributed by atoms with Crippen molar-refractivity contribution in [2.24, 2.45) is 0 Å². The number of nitrogens with one attached hydrogen (secondary N) is 3. The van der Waals surface area contributed by atoms with Crippen molar-refractivity contribution in [3.63, 3.8) is 0 Å². The molecule has 2 aliphatic heterocycles. The van der Waals surface area contributed by atoms with Gasteiger partial charge in [0.1, 0.15) is 23.3 Å². The number of aromatic nitrogens is 4. The molecule has 2 saturated heterocycles. The lowest BCUT2D eigenvalue weighted by Crippen LogP contribution is -2.54. The fourth-order valence-corrected chi connectivity index (χ4v) is 7.63. The Kier molecular flexibility index (Phi) is 11.3. The molecule has 1 unspecified atom stereocenters. The molecule has 5 aromatic rings. The molecule has 0 saturated carbocycles. The number of hydrogen-bond acceptors (Lipinski definition) is 8. The number of ether oxygens (including phenoxy) is 3. The van der Waals surface area contributed by atoms with Crippen molar-refractivity contribution in [2.75, 3.05) is 20.2 Å². The van der Waals surface area contributed by atoms with Crippen molar-refractivity contribution >= 4 is 28.9 Å². The van der Waals surface area contributed by atoms with Crippen molar-refractivity contribution in [3.05, 3.63) is 84.7 Å². The number of benzene rings is 3. The van der Waals surface area contributed by atoms with Crippen molar-refractivity contribution < 1.29 is 37.4 Å². The van der Waals surface area contributed by atoms with Crippen LogP contribution < -0.4 is 5.32 Å². The normalized spacial score (nSPS) is 18.2. The summed E-state index contributed by atoms with van der Waals surface area (Å²) in [4.78, 5) is 57.8. The first-order valence-corrected chi connectivity index (χ1v) is 19.1. The van der Waals surface area contributed by atoms with Crippen molar-refractivity contribution in [1.29, 1.82) is 0 Å². The Morgan fingerprint density at radius 1 is 0.789 bits per heavy atom. The number of halogens is 2. The van der Waals surface area contributed by atoms with E-state index in [1.165, 1.54) is 11.8 Å². The number of fused-ring (bicyclic) bond motifs is 1. The summed E-state index contributed by atoms with van der Waals surface area (Å²) in [6, 6.07) is 18.7. The number of likely N-dealkylation sites (tertiary alicyclic amines) is 2. The van der Waals surface area contributed by atoms with Crippen LogP contribution in [-0.4, -0.2) is 92.4 Å². The van der Waals surface area contributed by atoms with E-state index >= 15 is 0 Å². The molecule has 3 N–H and O–H groups in total. The maximum Gasteiger partial charge on any atom is 0.410 e. The van der Waals surface area contributed by atoms with Gasteiger partial charge in [-0.3, -0.25) is 9.69 Å². The zero-order chi connectivity index (χ0) is 40.4. The van der Waals surface area contributed by atoms with Crippen molar-refractivity contribution in [1.82, 2.24) is 35.1 Å². The summed E-state index contributed by atoms with van der Waals surface area (Å²) < 4.78 is 40.9. The van der Waals surface area contributed by atoms with E-state index < -0.39 is 42.4 Å². The smallest absolute Gasteiger partial charge is 0.410 e. The maximum atomic E-state index is 13.6. The zero-order valence-electron chi connectivity index (χ0n) is 32.6. The van der Waals surface area contributed by atoms with Gasteiger partial charge < -0.3 is 34.4 Å². The predicted octanol–water partition coefficient (Wildman–Crippen LogP) is 8.37. The number of carbonyl (C=O) groups is 3. The molecular formula is C42H47F2N7O6. The number of carbonyl (C=O) groups excluding carboxylic acids is 3. The van der Waals surface area contributed by atoms with Crippen LogP contribution in [0.5, 0.6) is 0 Å². The second-order valence-electron chi connectivity index (χ2n) is 15.5. The third-order valence-corrected chi connectivity index (χ3v) is 10.4. The molecule has 0 aliphatic carbocycles. The Hall–Kier alpha value is -5.83. The van der Waals surface area contributed by atoms with Gasteiger partial charge in [-0.15, -0.1) is 0 Å². The van der Waals surface area contributed by atoms with E-state index in [-0.39, 0.29) is 12.1 Å². The van der Waals surface area contributed by atoms with E-state index in [0.29, 0.717) is 31.8 Å². The summed E-state index contributed by atoms with van der Waals surface area (Å²) in [6.07, 6.45) is 3.96. The molecular weight excluding hydrogens is 737 g/mol. The van der Waals surface area contributed by atoms with E-state index in [2.05, 4.69) is 89.3 Å². The highest BCUT2D eigenvalue weighted by molar-refractivity contribution is 5.91. The predicted molar refractivity (Wildman–Crippen MR) is 209 cm³/mol. The number of alkyl carbamates (subject to hydrolysis) is 1. The molecule has 3 amide bonds. The third-order valence-electron chi connectivity index (χ3n) is 10.4. The molecule has 57 heavy (non-hydrogen) atoms. The summed E-state index contributed by atoms with van der Waals surface area (Å²) in [5.41, 5.74) is 5.09. The molecule has 4 heterocycles. The Morgan fingerprint density at radius 3 is 1.91 bits per heavy atom. The van der Waals surface area contributed by atoms with Crippen LogP contribution in [0.3, 0.4) is 0 Å². The van der Waals surface area contributed by atoms with Gasteiger partial charge >= 0.3 is 18.8 Å². The number of hydrogen-bond donors (Lipinski definition) is 3. The molecule has 13 nitrogen and oxygen atoms in total. The summed E-state index contributed by atoms with van der Waals surface area (Å²) in [5.74, 6) is 0.747. The van der Waals surface area contributed by atoms with Crippen LogP contribution in [0.1, 0.15) is 77.1 Å². The molecule has 2 fully saturated rings. The third kappa shape index (κ3) is 8.78. The molecule has 3 aromatic carbocycles. The van der Waals surface area contributed by atoms with Gasteiger partial charge in [0.2, 0.25) is 5.91 Å². The minimum atomic E-state index is -3.12. The first-order chi connectivity index (χ1) is 27.3. The van der Waals surface area contributed by atoms with Gasteiger partial charge in [0.05, 0.1) is 49.1 Å². The lowest BCUT2D eigenvalue weighted by atomic mass is 9.98. The van der Waals surface area contributed by atoms with Crippen LogP contribution >= 0.6 is 0 Å². The number of imidazole rings is 2. The fourth-order valence-electron chi connectivity index (χ4n) is 7.63. The van der Waals surface area contributed by atoms with Gasteiger partial charge in [-0.25, -0.2) is 19.6 Å². The standard InChI is InChI=1S/C42H47F2N7O6/c1-24(56-39(43)44)35(49-40(53)55-5)38(52)50-18-6-8-33(50)36-46-23-32(48-36)30-17-16-28-20-27(14-15-29(28)21-30)25-10-12-26(13-11-25)31-22-45-37(47-31)34-9-7-19-51(34)41(54)57-42(2,3)4/h10-17,20-24,33-35,39H,6-9,18-19H2,1-5H3,(H,45,47)(H,46,48)(H,49,53)/t24-,33+,34?,35+/m1/s1. The van der Waals surface area contributed by atoms with Crippen LogP contribution in [0.15, 0.2) is 73.1 Å². The second-order valence-corrected chi connectivity index (χ2v) is 15.5. The highest BCUT2D eigenvalue weighted by Crippen LogP contribution is 2.36. The summed E-state index contributed by atoms with van der Waals surface area (Å²) in [7, 11) is 1.13. The number of methoxy groups -OCH3 is 1. The Balaban J connectivity index is 1.03. The first-order valence-electron chi connectivity index (χ1n) is 19.1. The van der Waals surface area contributed by atoms with Crippen LogP contribution in [0, 0.1) is 0 Å². The maximum absolute atomic E-state index is 13.6.